The van der Waals surface area contributed by atoms with E-state index in [9.17, 15) is 0 Å². The van der Waals surface area contributed by atoms with Crippen LogP contribution in [-0.2, 0) is 0 Å². The average molecular weight is 170 g/mol. The lowest BCUT2D eigenvalue weighted by molar-refractivity contribution is 0.498. The lowest BCUT2D eigenvalue weighted by Gasteiger charge is -2.27. The van der Waals surface area contributed by atoms with E-state index in [0.29, 0.717) is 0 Å². The van der Waals surface area contributed by atoms with Crippen molar-refractivity contribution in [1.82, 2.24) is 0 Å². The van der Waals surface area contributed by atoms with Gasteiger partial charge in [0.05, 0.1) is 0 Å². The molecule has 0 aromatic rings. The Balaban J connectivity index is 2.62. The molecule has 1 aliphatic carbocycles. The zero-order valence-electron chi connectivity index (χ0n) is 7.72. The van der Waals surface area contributed by atoms with E-state index in [4.69, 9.17) is 0 Å². The first-order chi connectivity index (χ1) is 5.00. The topological polar surface area (TPSA) is 0 Å². The highest BCUT2D eigenvalue weighted by atomic mass is 32.1. The maximum atomic E-state index is 4.56. The summed E-state index contributed by atoms with van der Waals surface area (Å²) in [6.45, 7) is 6.68. The number of thiol groups is 1. The minimum absolute atomic E-state index is 0.111. The predicted octanol–water partition coefficient (Wildman–Crippen LogP) is 3.44. The van der Waals surface area contributed by atoms with E-state index >= 15 is 0 Å². The Labute approximate surface area is 75.5 Å². The van der Waals surface area contributed by atoms with Gasteiger partial charge in [-0.1, -0.05) is 18.6 Å². The molecule has 0 nitrogen and oxygen atoms in total. The van der Waals surface area contributed by atoms with Crippen LogP contribution in [0.15, 0.2) is 11.6 Å². The molecule has 0 saturated carbocycles. The minimum atomic E-state index is 0.111. The maximum Gasteiger partial charge on any atom is 0.0281 e. The van der Waals surface area contributed by atoms with Gasteiger partial charge in [-0.05, 0) is 39.0 Å². The molecule has 1 heteroatoms. The molecule has 1 rings (SSSR count). The van der Waals surface area contributed by atoms with Gasteiger partial charge < -0.3 is 0 Å². The lowest BCUT2D eigenvalue weighted by atomic mass is 9.86. The van der Waals surface area contributed by atoms with E-state index in [1.54, 1.807) is 0 Å². The fourth-order valence-electron chi connectivity index (χ4n) is 1.52. The predicted molar refractivity (Wildman–Crippen MR) is 54.2 cm³/mol. The monoisotopic (exact) mass is 170 g/mol. The second-order valence-electron chi connectivity index (χ2n) is 4.17. The highest BCUT2D eigenvalue weighted by Crippen LogP contribution is 2.33. The summed E-state index contributed by atoms with van der Waals surface area (Å²) in [7, 11) is 0. The summed E-state index contributed by atoms with van der Waals surface area (Å²) in [6.07, 6.45) is 6.22. The molecule has 0 heterocycles. The molecular weight excluding hydrogens is 152 g/mol. The van der Waals surface area contributed by atoms with Gasteiger partial charge in [-0.25, -0.2) is 0 Å². The lowest BCUT2D eigenvalue weighted by Crippen LogP contribution is -2.18. The van der Waals surface area contributed by atoms with Gasteiger partial charge in [-0.3, -0.25) is 0 Å². The minimum Gasteiger partial charge on any atom is -0.169 e. The Morgan fingerprint density at radius 2 is 2.18 bits per heavy atom. The largest absolute Gasteiger partial charge is 0.169 e. The van der Waals surface area contributed by atoms with Crippen LogP contribution in [0.3, 0.4) is 0 Å². The molecule has 0 amide bonds. The van der Waals surface area contributed by atoms with Crippen molar-refractivity contribution < 1.29 is 0 Å². The van der Waals surface area contributed by atoms with Crippen molar-refractivity contribution in [2.75, 3.05) is 0 Å². The van der Waals surface area contributed by atoms with Crippen molar-refractivity contribution in [3.05, 3.63) is 11.6 Å². The molecule has 0 aliphatic heterocycles. The number of rotatable bonds is 1. The van der Waals surface area contributed by atoms with Crippen molar-refractivity contribution in [1.29, 1.82) is 0 Å². The van der Waals surface area contributed by atoms with Crippen molar-refractivity contribution >= 4 is 12.6 Å². The van der Waals surface area contributed by atoms with E-state index in [1.165, 1.54) is 24.8 Å². The molecule has 0 N–H and O–H groups in total. The summed E-state index contributed by atoms with van der Waals surface area (Å²) >= 11 is 4.56. The average Bonchev–Trinajstić information content (AvgIpc) is 1.86. The van der Waals surface area contributed by atoms with Crippen LogP contribution in [0.1, 0.15) is 40.0 Å². The van der Waals surface area contributed by atoms with E-state index in [1.807, 2.05) is 0 Å². The van der Waals surface area contributed by atoms with Gasteiger partial charge in [0, 0.05) is 4.75 Å². The normalized spacial score (nSPS) is 26.5. The second kappa shape index (κ2) is 3.22. The number of allylic oxidation sites excluding steroid dienone is 1. The molecule has 0 bridgehead atoms. The molecular formula is C10H18S. The summed E-state index contributed by atoms with van der Waals surface area (Å²) < 4.78 is 0.111. The zero-order chi connectivity index (χ0) is 8.48. The Bertz CT molecular complexity index is 162. The standard InChI is InChI=1S/C10H18S/c1-8-4-6-9(7-5-8)10(2,3)11/h6,8,11H,4-5,7H2,1-3H3/t8-/m0/s1. The molecule has 1 atom stereocenters. The van der Waals surface area contributed by atoms with Gasteiger partial charge in [0.25, 0.3) is 0 Å². The number of hydrogen-bond donors (Lipinski definition) is 1. The molecule has 64 valence electrons. The van der Waals surface area contributed by atoms with Crippen molar-refractivity contribution in [3.8, 4) is 0 Å². The second-order valence-corrected chi connectivity index (χ2v) is 5.29. The first kappa shape index (κ1) is 9.18. The van der Waals surface area contributed by atoms with Crippen LogP contribution in [0, 0.1) is 5.92 Å². The Morgan fingerprint density at radius 1 is 1.55 bits per heavy atom. The summed E-state index contributed by atoms with van der Waals surface area (Å²) in [6, 6.07) is 0. The first-order valence-electron chi connectivity index (χ1n) is 4.42. The van der Waals surface area contributed by atoms with Gasteiger partial charge in [-0.2, -0.15) is 12.6 Å². The van der Waals surface area contributed by atoms with E-state index in [0.717, 1.165) is 5.92 Å². The molecule has 11 heavy (non-hydrogen) atoms. The van der Waals surface area contributed by atoms with Crippen LogP contribution in [-0.4, -0.2) is 4.75 Å². The maximum absolute atomic E-state index is 4.56. The fraction of sp³-hybridized carbons (Fsp3) is 0.800. The molecule has 0 unspecified atom stereocenters. The SMILES string of the molecule is C[C@H]1CC=C(C(C)(C)S)CC1. The highest BCUT2D eigenvalue weighted by Gasteiger charge is 2.21. The van der Waals surface area contributed by atoms with Crippen LogP contribution in [0.4, 0.5) is 0 Å². The smallest absolute Gasteiger partial charge is 0.0281 e. The molecule has 1 aliphatic rings. The van der Waals surface area contributed by atoms with Crippen molar-refractivity contribution in [2.24, 2.45) is 5.92 Å². The quantitative estimate of drug-likeness (QED) is 0.452. The van der Waals surface area contributed by atoms with Crippen LogP contribution in [0.2, 0.25) is 0 Å². The summed E-state index contributed by atoms with van der Waals surface area (Å²) in [5.41, 5.74) is 1.53. The van der Waals surface area contributed by atoms with Gasteiger partial charge in [0.2, 0.25) is 0 Å². The first-order valence-corrected chi connectivity index (χ1v) is 4.87. The zero-order valence-corrected chi connectivity index (χ0v) is 8.62. The van der Waals surface area contributed by atoms with Gasteiger partial charge in [0.15, 0.2) is 0 Å². The van der Waals surface area contributed by atoms with Crippen LogP contribution >= 0.6 is 12.6 Å². The van der Waals surface area contributed by atoms with Gasteiger partial charge >= 0.3 is 0 Å². The molecule has 0 aromatic heterocycles. The van der Waals surface area contributed by atoms with Crippen LogP contribution in [0.5, 0.6) is 0 Å². The number of hydrogen-bond acceptors (Lipinski definition) is 1. The Kier molecular flexibility index (Phi) is 2.69. The van der Waals surface area contributed by atoms with E-state index in [-0.39, 0.29) is 4.75 Å². The summed E-state index contributed by atoms with van der Waals surface area (Å²) in [4.78, 5) is 0. The third-order valence-corrected chi connectivity index (χ3v) is 2.75. The van der Waals surface area contributed by atoms with Gasteiger partial charge in [0.1, 0.15) is 0 Å². The van der Waals surface area contributed by atoms with E-state index in [2.05, 4.69) is 39.5 Å². The van der Waals surface area contributed by atoms with Crippen LogP contribution in [0.25, 0.3) is 0 Å². The summed E-state index contributed by atoms with van der Waals surface area (Å²) in [5, 5.41) is 0. The molecule has 0 fully saturated rings. The molecule has 0 aromatic carbocycles. The molecule has 0 saturated heterocycles. The highest BCUT2D eigenvalue weighted by molar-refractivity contribution is 7.82. The molecule has 0 spiro atoms. The van der Waals surface area contributed by atoms with Crippen molar-refractivity contribution in [3.63, 3.8) is 0 Å². The fourth-order valence-corrected chi connectivity index (χ4v) is 1.72. The van der Waals surface area contributed by atoms with Crippen molar-refractivity contribution in [2.45, 2.75) is 44.8 Å². The third kappa shape index (κ3) is 2.55. The van der Waals surface area contributed by atoms with Crippen LogP contribution < -0.4 is 0 Å². The Hall–Kier alpha value is 0.0900. The molecule has 0 radical (unpaired) electrons. The Morgan fingerprint density at radius 3 is 2.55 bits per heavy atom. The third-order valence-electron chi connectivity index (χ3n) is 2.46. The van der Waals surface area contributed by atoms with Gasteiger partial charge in [-0.15, -0.1) is 0 Å². The summed E-state index contributed by atoms with van der Waals surface area (Å²) in [5.74, 6) is 0.884. The van der Waals surface area contributed by atoms with E-state index < -0.39 is 0 Å².